The fourth-order valence-corrected chi connectivity index (χ4v) is 1.27. The lowest BCUT2D eigenvalue weighted by molar-refractivity contribution is -0.147. The number of methoxy groups -OCH3 is 2. The first-order valence-electron chi connectivity index (χ1n) is 4.23. The third-order valence-corrected chi connectivity index (χ3v) is 1.97. The number of rotatable bonds is 4. The normalized spacial score (nSPS) is 11.9. The van der Waals surface area contributed by atoms with E-state index < -0.39 is 12.1 Å². The van der Waals surface area contributed by atoms with Gasteiger partial charge in [-0.1, -0.05) is 6.07 Å². The number of carboxylic acid groups (broad SMARTS) is 1. The molecule has 0 aliphatic carbocycles. The van der Waals surface area contributed by atoms with E-state index in [-0.39, 0.29) is 17.1 Å². The van der Waals surface area contributed by atoms with Crippen LogP contribution in [0.3, 0.4) is 0 Å². The molecule has 82 valence electrons. The van der Waals surface area contributed by atoms with E-state index in [1.165, 1.54) is 14.2 Å². The van der Waals surface area contributed by atoms with Crippen LogP contribution in [-0.2, 0) is 4.79 Å². The number of carboxylic acids is 1. The molecular weight excluding hydrogens is 200 g/mol. The topological polar surface area (TPSA) is 76.0 Å². The van der Waals surface area contributed by atoms with Crippen molar-refractivity contribution in [2.45, 2.75) is 6.10 Å². The fourth-order valence-electron chi connectivity index (χ4n) is 1.27. The molecule has 1 aromatic carbocycles. The summed E-state index contributed by atoms with van der Waals surface area (Å²) >= 11 is 0. The van der Waals surface area contributed by atoms with Crippen LogP contribution in [0.25, 0.3) is 0 Å². The maximum Gasteiger partial charge on any atom is 0.337 e. The van der Waals surface area contributed by atoms with Gasteiger partial charge in [0.05, 0.1) is 19.8 Å². The summed E-state index contributed by atoms with van der Waals surface area (Å²) in [5.41, 5.74) is 0.120. The van der Waals surface area contributed by atoms with Crippen molar-refractivity contribution in [2.24, 2.45) is 0 Å². The van der Waals surface area contributed by atoms with Crippen LogP contribution in [0.2, 0.25) is 0 Å². The summed E-state index contributed by atoms with van der Waals surface area (Å²) in [5, 5.41) is 18.2. The number of aliphatic hydroxyl groups is 1. The quantitative estimate of drug-likeness (QED) is 0.772. The zero-order valence-corrected chi connectivity index (χ0v) is 8.43. The highest BCUT2D eigenvalue weighted by atomic mass is 16.5. The first kappa shape index (κ1) is 11.3. The number of benzene rings is 1. The molecule has 0 spiro atoms. The predicted molar refractivity (Wildman–Crippen MR) is 52.1 cm³/mol. The summed E-state index contributed by atoms with van der Waals surface area (Å²) in [7, 11) is 2.79. The lowest BCUT2D eigenvalue weighted by atomic mass is 10.1. The summed E-state index contributed by atoms with van der Waals surface area (Å²) in [6.07, 6.45) is -1.66. The Morgan fingerprint density at radius 1 is 1.27 bits per heavy atom. The maximum atomic E-state index is 10.7. The van der Waals surface area contributed by atoms with Gasteiger partial charge in [-0.05, 0) is 12.1 Å². The molecule has 5 heteroatoms. The van der Waals surface area contributed by atoms with Crippen LogP contribution in [0.5, 0.6) is 11.5 Å². The minimum absolute atomic E-state index is 0.120. The van der Waals surface area contributed by atoms with E-state index >= 15 is 0 Å². The van der Waals surface area contributed by atoms with E-state index in [9.17, 15) is 9.90 Å². The van der Waals surface area contributed by atoms with E-state index in [1.807, 2.05) is 0 Å². The number of aliphatic carboxylic acids is 1. The van der Waals surface area contributed by atoms with Crippen LogP contribution in [0.1, 0.15) is 11.7 Å². The molecule has 0 saturated heterocycles. The van der Waals surface area contributed by atoms with E-state index in [2.05, 4.69) is 0 Å². The standard InChI is InChI=1S/C10H12O5/c1-14-6-4-3-5-7(15-2)8(6)9(11)10(12)13/h3-5,9,11H,1-2H3,(H,12,13). The zero-order valence-electron chi connectivity index (χ0n) is 8.43. The Bertz CT molecular complexity index is 339. The number of aliphatic hydroxyl groups excluding tert-OH is 1. The smallest absolute Gasteiger partial charge is 0.337 e. The molecule has 0 aliphatic heterocycles. The van der Waals surface area contributed by atoms with E-state index in [4.69, 9.17) is 14.6 Å². The first-order valence-corrected chi connectivity index (χ1v) is 4.23. The largest absolute Gasteiger partial charge is 0.496 e. The summed E-state index contributed by atoms with van der Waals surface area (Å²) in [5.74, 6) is -0.786. The van der Waals surface area contributed by atoms with Gasteiger partial charge in [0.2, 0.25) is 0 Å². The average molecular weight is 212 g/mol. The summed E-state index contributed by atoms with van der Waals surface area (Å²) in [6, 6.07) is 4.77. The Labute approximate surface area is 86.9 Å². The lowest BCUT2D eigenvalue weighted by Gasteiger charge is -2.14. The van der Waals surface area contributed by atoms with Gasteiger partial charge >= 0.3 is 5.97 Å². The lowest BCUT2D eigenvalue weighted by Crippen LogP contribution is -2.13. The van der Waals surface area contributed by atoms with Gasteiger partial charge in [-0.3, -0.25) is 0 Å². The second-order valence-corrected chi connectivity index (χ2v) is 2.82. The molecule has 1 rings (SSSR count). The molecule has 0 aromatic heterocycles. The minimum Gasteiger partial charge on any atom is -0.496 e. The van der Waals surface area contributed by atoms with Crippen molar-refractivity contribution >= 4 is 5.97 Å². The summed E-state index contributed by atoms with van der Waals surface area (Å²) in [6.45, 7) is 0. The highest BCUT2D eigenvalue weighted by Gasteiger charge is 2.24. The molecular formula is C10H12O5. The Kier molecular flexibility index (Phi) is 3.51. The van der Waals surface area contributed by atoms with Gasteiger partial charge in [-0.25, -0.2) is 4.79 Å². The maximum absolute atomic E-state index is 10.7. The van der Waals surface area contributed by atoms with Gasteiger partial charge < -0.3 is 19.7 Å². The van der Waals surface area contributed by atoms with Crippen LogP contribution in [0.15, 0.2) is 18.2 Å². The minimum atomic E-state index is -1.66. The Morgan fingerprint density at radius 2 is 1.73 bits per heavy atom. The third-order valence-electron chi connectivity index (χ3n) is 1.97. The van der Waals surface area contributed by atoms with Crippen LogP contribution < -0.4 is 9.47 Å². The van der Waals surface area contributed by atoms with Gasteiger partial charge in [0.25, 0.3) is 0 Å². The molecule has 2 N–H and O–H groups in total. The Morgan fingerprint density at radius 3 is 2.07 bits per heavy atom. The average Bonchev–Trinajstić information content (AvgIpc) is 2.26. The second kappa shape index (κ2) is 4.65. The van der Waals surface area contributed by atoms with E-state index in [0.717, 1.165) is 0 Å². The molecule has 0 bridgehead atoms. The van der Waals surface area contributed by atoms with E-state index in [1.54, 1.807) is 18.2 Å². The first-order chi connectivity index (χ1) is 7.11. The number of ether oxygens (including phenoxy) is 2. The van der Waals surface area contributed by atoms with Crippen LogP contribution in [0, 0.1) is 0 Å². The number of hydrogen-bond donors (Lipinski definition) is 2. The van der Waals surface area contributed by atoms with Crippen molar-refractivity contribution in [3.63, 3.8) is 0 Å². The highest BCUT2D eigenvalue weighted by Crippen LogP contribution is 2.33. The van der Waals surface area contributed by atoms with Gasteiger partial charge in [0.15, 0.2) is 6.10 Å². The van der Waals surface area contributed by atoms with Crippen molar-refractivity contribution in [2.75, 3.05) is 14.2 Å². The molecule has 0 aliphatic rings. The molecule has 1 atom stereocenters. The van der Waals surface area contributed by atoms with Crippen molar-refractivity contribution in [1.29, 1.82) is 0 Å². The van der Waals surface area contributed by atoms with Gasteiger partial charge in [0.1, 0.15) is 11.5 Å². The molecule has 1 aromatic rings. The van der Waals surface area contributed by atoms with Crippen molar-refractivity contribution < 1.29 is 24.5 Å². The molecule has 0 heterocycles. The van der Waals surface area contributed by atoms with Crippen LogP contribution >= 0.6 is 0 Å². The monoisotopic (exact) mass is 212 g/mol. The number of hydrogen-bond acceptors (Lipinski definition) is 4. The second-order valence-electron chi connectivity index (χ2n) is 2.82. The molecule has 15 heavy (non-hydrogen) atoms. The molecule has 0 amide bonds. The highest BCUT2D eigenvalue weighted by molar-refractivity contribution is 5.76. The Balaban J connectivity index is 3.27. The summed E-state index contributed by atoms with van der Waals surface area (Å²) < 4.78 is 9.91. The number of carbonyl (C=O) groups is 1. The SMILES string of the molecule is COc1cccc(OC)c1C(O)C(=O)O. The van der Waals surface area contributed by atoms with Crippen LogP contribution in [0.4, 0.5) is 0 Å². The van der Waals surface area contributed by atoms with Gasteiger partial charge in [-0.15, -0.1) is 0 Å². The Hall–Kier alpha value is -1.75. The van der Waals surface area contributed by atoms with Crippen molar-refractivity contribution in [1.82, 2.24) is 0 Å². The third kappa shape index (κ3) is 2.19. The van der Waals surface area contributed by atoms with Crippen LogP contribution in [-0.4, -0.2) is 30.4 Å². The van der Waals surface area contributed by atoms with E-state index in [0.29, 0.717) is 0 Å². The van der Waals surface area contributed by atoms with Gasteiger partial charge in [-0.2, -0.15) is 0 Å². The molecule has 5 nitrogen and oxygen atoms in total. The zero-order chi connectivity index (χ0) is 11.4. The van der Waals surface area contributed by atoms with Crippen molar-refractivity contribution in [3.8, 4) is 11.5 Å². The molecule has 0 fully saturated rings. The molecule has 0 radical (unpaired) electrons. The summed E-state index contributed by atoms with van der Waals surface area (Å²) in [4.78, 5) is 10.7. The predicted octanol–water partition coefficient (Wildman–Crippen LogP) is 0.822. The van der Waals surface area contributed by atoms with Gasteiger partial charge in [0, 0.05) is 0 Å². The van der Waals surface area contributed by atoms with Crippen molar-refractivity contribution in [3.05, 3.63) is 23.8 Å². The molecule has 1 unspecified atom stereocenters. The fraction of sp³-hybridized carbons (Fsp3) is 0.300. The molecule has 0 saturated carbocycles.